The monoisotopic (exact) mass is 175 g/mol. The predicted molar refractivity (Wildman–Crippen MR) is 50.2 cm³/mol. The van der Waals surface area contributed by atoms with E-state index in [4.69, 9.17) is 0 Å². The summed E-state index contributed by atoms with van der Waals surface area (Å²) in [4.78, 5) is 0. The molecule has 2 bridgehead atoms. The van der Waals surface area contributed by atoms with E-state index >= 15 is 0 Å². The first-order valence-corrected chi connectivity index (χ1v) is 4.68. The molecule has 11 heavy (non-hydrogen) atoms. The van der Waals surface area contributed by atoms with Gasteiger partial charge in [0.05, 0.1) is 0 Å². The van der Waals surface area contributed by atoms with Crippen molar-refractivity contribution in [3.8, 4) is 0 Å². The second-order valence-electron chi connectivity index (χ2n) is 3.83. The number of nitrogens with one attached hydrogen (secondary N) is 1. The molecule has 2 rings (SSSR count). The van der Waals surface area contributed by atoms with Gasteiger partial charge in [-0.1, -0.05) is 12.8 Å². The molecule has 0 atom stereocenters. The second-order valence-corrected chi connectivity index (χ2v) is 3.83. The summed E-state index contributed by atoms with van der Waals surface area (Å²) in [5, 5.41) is 3.64. The number of halogens is 1. The van der Waals surface area contributed by atoms with Crippen molar-refractivity contribution in [2.75, 3.05) is 6.54 Å². The Morgan fingerprint density at radius 1 is 0.909 bits per heavy atom. The largest absolute Gasteiger partial charge is 0.314 e. The number of fused-ring (bicyclic) bond motifs is 3. The van der Waals surface area contributed by atoms with Gasteiger partial charge in [0, 0.05) is 6.04 Å². The molecule has 2 heterocycles. The predicted octanol–water partition coefficient (Wildman–Crippen LogP) is 2.35. The third-order valence-corrected chi connectivity index (χ3v) is 3.03. The van der Waals surface area contributed by atoms with Crippen molar-refractivity contribution in [3.63, 3.8) is 0 Å². The van der Waals surface area contributed by atoms with Crippen LogP contribution in [0.2, 0.25) is 0 Å². The van der Waals surface area contributed by atoms with Crippen molar-refractivity contribution >= 4 is 12.4 Å². The highest BCUT2D eigenvalue weighted by Gasteiger charge is 2.21. The van der Waals surface area contributed by atoms with Gasteiger partial charge in [0.2, 0.25) is 0 Å². The maximum absolute atomic E-state index is 3.64. The molecule has 0 aromatic heterocycles. The van der Waals surface area contributed by atoms with Gasteiger partial charge in [-0.2, -0.15) is 0 Å². The van der Waals surface area contributed by atoms with E-state index in [1.54, 1.807) is 0 Å². The minimum absolute atomic E-state index is 0. The van der Waals surface area contributed by atoms with Crippen LogP contribution in [0.25, 0.3) is 0 Å². The van der Waals surface area contributed by atoms with Crippen LogP contribution < -0.4 is 5.32 Å². The lowest BCUT2D eigenvalue weighted by molar-refractivity contribution is 0.429. The molecule has 0 saturated carbocycles. The molecule has 0 aromatic carbocycles. The van der Waals surface area contributed by atoms with Crippen LogP contribution in [0, 0.1) is 5.92 Å². The summed E-state index contributed by atoms with van der Waals surface area (Å²) in [6, 6.07) is 0.882. The smallest absolute Gasteiger partial charge is 0.00671 e. The second kappa shape index (κ2) is 4.32. The van der Waals surface area contributed by atoms with E-state index in [0.29, 0.717) is 0 Å². The zero-order valence-electron chi connectivity index (χ0n) is 7.01. The molecule has 0 radical (unpaired) electrons. The fraction of sp³-hybridized carbons (Fsp3) is 1.00. The molecule has 2 heteroatoms. The van der Waals surface area contributed by atoms with Gasteiger partial charge < -0.3 is 5.32 Å². The van der Waals surface area contributed by atoms with Gasteiger partial charge in [-0.05, 0) is 38.1 Å². The standard InChI is InChI=1S/C9H17N.ClH/c1-3-8-4-2-6-9(5-1)10-7-8;/h8-10H,1-7H2;1H. The summed E-state index contributed by atoms with van der Waals surface area (Å²) < 4.78 is 0. The van der Waals surface area contributed by atoms with Crippen LogP contribution in [-0.4, -0.2) is 12.6 Å². The molecule has 0 amide bonds. The van der Waals surface area contributed by atoms with E-state index in [1.165, 1.54) is 45.1 Å². The fourth-order valence-electron chi connectivity index (χ4n) is 2.34. The van der Waals surface area contributed by atoms with E-state index in [1.807, 2.05) is 0 Å². The highest BCUT2D eigenvalue weighted by molar-refractivity contribution is 5.85. The van der Waals surface area contributed by atoms with Crippen molar-refractivity contribution in [2.24, 2.45) is 5.92 Å². The lowest BCUT2D eigenvalue weighted by Gasteiger charge is -2.13. The van der Waals surface area contributed by atoms with E-state index in [-0.39, 0.29) is 12.4 Å². The molecule has 2 aliphatic rings. The molecule has 0 spiro atoms. The van der Waals surface area contributed by atoms with Crippen LogP contribution in [0.1, 0.15) is 38.5 Å². The van der Waals surface area contributed by atoms with Gasteiger partial charge >= 0.3 is 0 Å². The van der Waals surface area contributed by atoms with Crippen molar-refractivity contribution in [1.29, 1.82) is 0 Å². The first kappa shape index (κ1) is 9.34. The Labute approximate surface area is 75.4 Å². The maximum Gasteiger partial charge on any atom is 0.00671 e. The van der Waals surface area contributed by atoms with Gasteiger partial charge in [0.15, 0.2) is 0 Å². The summed E-state index contributed by atoms with van der Waals surface area (Å²) in [6.45, 7) is 1.31. The van der Waals surface area contributed by atoms with Crippen LogP contribution in [0.4, 0.5) is 0 Å². The minimum Gasteiger partial charge on any atom is -0.314 e. The van der Waals surface area contributed by atoms with Crippen LogP contribution in [-0.2, 0) is 0 Å². The number of hydrogen-bond acceptors (Lipinski definition) is 1. The minimum atomic E-state index is 0. The summed E-state index contributed by atoms with van der Waals surface area (Å²) in [5.41, 5.74) is 0. The maximum atomic E-state index is 3.64. The SMILES string of the molecule is C1CC2CCCC(C1)NC2.Cl. The Hall–Kier alpha value is 0.250. The third kappa shape index (κ3) is 2.34. The average molecular weight is 176 g/mol. The van der Waals surface area contributed by atoms with Crippen LogP contribution in [0.3, 0.4) is 0 Å². The van der Waals surface area contributed by atoms with Crippen LogP contribution >= 0.6 is 12.4 Å². The summed E-state index contributed by atoms with van der Waals surface area (Å²) in [6.07, 6.45) is 8.81. The fourth-order valence-corrected chi connectivity index (χ4v) is 2.34. The van der Waals surface area contributed by atoms with Crippen LogP contribution in [0.5, 0.6) is 0 Å². The van der Waals surface area contributed by atoms with E-state index in [0.717, 1.165) is 12.0 Å². The van der Waals surface area contributed by atoms with Gasteiger partial charge in [-0.25, -0.2) is 0 Å². The average Bonchev–Trinajstić information content (AvgIpc) is 2.17. The first-order valence-electron chi connectivity index (χ1n) is 4.68. The topological polar surface area (TPSA) is 12.0 Å². The van der Waals surface area contributed by atoms with Crippen LogP contribution in [0.15, 0.2) is 0 Å². The Morgan fingerprint density at radius 2 is 1.55 bits per heavy atom. The molecule has 2 aliphatic heterocycles. The molecule has 2 fully saturated rings. The molecule has 0 unspecified atom stereocenters. The van der Waals surface area contributed by atoms with Gasteiger partial charge in [0.25, 0.3) is 0 Å². The molecule has 1 nitrogen and oxygen atoms in total. The zero-order chi connectivity index (χ0) is 6.81. The normalized spacial score (nSPS) is 37.1. The lowest BCUT2D eigenvalue weighted by atomic mass is 9.93. The van der Waals surface area contributed by atoms with E-state index in [2.05, 4.69) is 5.32 Å². The molecular formula is C9H18ClN. The van der Waals surface area contributed by atoms with Gasteiger partial charge in [-0.15, -0.1) is 12.4 Å². The Morgan fingerprint density at radius 3 is 2.18 bits per heavy atom. The molecule has 0 aliphatic carbocycles. The quantitative estimate of drug-likeness (QED) is 0.596. The zero-order valence-corrected chi connectivity index (χ0v) is 7.83. The molecule has 1 N–H and O–H groups in total. The Balaban J connectivity index is 0.000000605. The molecule has 2 saturated heterocycles. The summed E-state index contributed by atoms with van der Waals surface area (Å²) in [7, 11) is 0. The number of hydrogen-bond donors (Lipinski definition) is 1. The van der Waals surface area contributed by atoms with E-state index in [9.17, 15) is 0 Å². The van der Waals surface area contributed by atoms with Gasteiger partial charge in [-0.3, -0.25) is 0 Å². The summed E-state index contributed by atoms with van der Waals surface area (Å²) >= 11 is 0. The Kier molecular flexibility index (Phi) is 3.67. The molecule has 66 valence electrons. The number of rotatable bonds is 0. The van der Waals surface area contributed by atoms with Crippen molar-refractivity contribution in [2.45, 2.75) is 44.6 Å². The molecule has 0 aromatic rings. The third-order valence-electron chi connectivity index (χ3n) is 3.03. The van der Waals surface area contributed by atoms with Crippen molar-refractivity contribution in [3.05, 3.63) is 0 Å². The lowest BCUT2D eigenvalue weighted by Crippen LogP contribution is -2.27. The first-order chi connectivity index (χ1) is 4.95. The summed E-state index contributed by atoms with van der Waals surface area (Å²) in [5.74, 6) is 1.02. The Bertz CT molecular complexity index is 94.1. The highest BCUT2D eigenvalue weighted by Crippen LogP contribution is 2.25. The van der Waals surface area contributed by atoms with Crippen molar-refractivity contribution < 1.29 is 0 Å². The van der Waals surface area contributed by atoms with Crippen molar-refractivity contribution in [1.82, 2.24) is 5.32 Å². The highest BCUT2D eigenvalue weighted by atomic mass is 35.5. The molecular weight excluding hydrogens is 158 g/mol. The van der Waals surface area contributed by atoms with Gasteiger partial charge in [0.1, 0.15) is 0 Å². The van der Waals surface area contributed by atoms with E-state index < -0.39 is 0 Å².